The zero-order valence-electron chi connectivity index (χ0n) is 26.4. The van der Waals surface area contributed by atoms with Gasteiger partial charge in [0, 0.05) is 5.56 Å². The number of hydrogen-bond acceptors (Lipinski definition) is 4. The first kappa shape index (κ1) is 27.9. The highest BCUT2D eigenvalue weighted by atomic mass is 16.4. The van der Waals surface area contributed by atoms with Crippen LogP contribution in [0.2, 0.25) is 0 Å². The molecule has 1 aromatic carbocycles. The normalized spacial score (nSPS) is 46.6. The van der Waals surface area contributed by atoms with Gasteiger partial charge in [-0.3, -0.25) is 0 Å². The van der Waals surface area contributed by atoms with Gasteiger partial charge in [-0.25, -0.2) is 0 Å². The SMILES string of the molecule is C=C(C)[C@@H]1CC[C@]2(c3nnc(-c4ccccc4)o3)CC[C@]3(C)[C@H](CC[C@@H]4[C@@]5(C)CC[C@H](O)C(C)(C)[C@@H]5CC[C@]43C)[C@@H]12. The van der Waals surface area contributed by atoms with Gasteiger partial charge >= 0.3 is 0 Å². The average molecular weight is 557 g/mol. The van der Waals surface area contributed by atoms with Crippen molar-refractivity contribution in [2.45, 2.75) is 117 Å². The fourth-order valence-electron chi connectivity index (χ4n) is 12.6. The molecule has 1 aromatic heterocycles. The zero-order valence-corrected chi connectivity index (χ0v) is 26.4. The molecule has 4 heteroatoms. The molecule has 0 bridgehead atoms. The number of allylic oxidation sites excluding steroid dienone is 1. The molecule has 5 aliphatic carbocycles. The average Bonchev–Trinajstić information content (AvgIpc) is 3.59. The lowest BCUT2D eigenvalue weighted by Crippen LogP contribution is -2.67. The summed E-state index contributed by atoms with van der Waals surface area (Å²) in [5, 5.41) is 20.5. The molecular formula is C37H52N2O2. The van der Waals surface area contributed by atoms with Gasteiger partial charge in [-0.15, -0.1) is 10.2 Å². The van der Waals surface area contributed by atoms with E-state index in [4.69, 9.17) is 9.52 Å². The topological polar surface area (TPSA) is 59.2 Å². The fourth-order valence-corrected chi connectivity index (χ4v) is 12.6. The van der Waals surface area contributed by atoms with Gasteiger partial charge in [0.1, 0.15) is 0 Å². The molecule has 0 amide bonds. The van der Waals surface area contributed by atoms with Gasteiger partial charge in [-0.1, -0.05) is 65.0 Å². The standard InChI is InChI=1S/C37H52N2O2/c1-23(2)25-15-20-37(32-39-38-31(41-32)24-11-9-8-10-12-24)22-21-35(6)26(30(25)37)13-14-28-34(5)18-17-29(40)33(3,4)27(34)16-19-36(28,35)7/h8-12,25-30,40H,1,13-22H2,2-7H3/t25-,26+,27-,28+,29-,30+,34-,35+,36+,37-/m0/s1. The molecule has 2 aromatic rings. The minimum atomic E-state index is -0.169. The van der Waals surface area contributed by atoms with Crippen LogP contribution in [0.5, 0.6) is 0 Å². The summed E-state index contributed by atoms with van der Waals surface area (Å²) in [6.45, 7) is 19.6. The summed E-state index contributed by atoms with van der Waals surface area (Å²) < 4.78 is 6.63. The van der Waals surface area contributed by atoms with Gasteiger partial charge in [0.15, 0.2) is 0 Å². The van der Waals surface area contributed by atoms with Gasteiger partial charge in [0.25, 0.3) is 0 Å². The van der Waals surface area contributed by atoms with E-state index in [2.05, 4.69) is 65.4 Å². The highest BCUT2D eigenvalue weighted by Crippen LogP contribution is 2.77. The predicted molar refractivity (Wildman–Crippen MR) is 164 cm³/mol. The van der Waals surface area contributed by atoms with Crippen molar-refractivity contribution >= 4 is 0 Å². The second kappa shape index (κ2) is 9.04. The van der Waals surface area contributed by atoms with Crippen LogP contribution in [0, 0.1) is 51.2 Å². The van der Waals surface area contributed by atoms with Gasteiger partial charge in [0.05, 0.1) is 11.5 Å². The Morgan fingerprint density at radius 2 is 1.59 bits per heavy atom. The van der Waals surface area contributed by atoms with Gasteiger partial charge in [0.2, 0.25) is 11.8 Å². The van der Waals surface area contributed by atoms with E-state index in [1.807, 2.05) is 18.2 Å². The van der Waals surface area contributed by atoms with Crippen molar-refractivity contribution in [1.82, 2.24) is 10.2 Å². The lowest BCUT2D eigenvalue weighted by molar-refractivity contribution is -0.243. The van der Waals surface area contributed by atoms with Crippen molar-refractivity contribution in [3.8, 4) is 11.5 Å². The number of rotatable bonds is 3. The zero-order chi connectivity index (χ0) is 29.0. The first-order chi connectivity index (χ1) is 19.4. The van der Waals surface area contributed by atoms with Crippen LogP contribution in [0.15, 0.2) is 46.9 Å². The summed E-state index contributed by atoms with van der Waals surface area (Å²) in [6.07, 6.45) is 11.8. The largest absolute Gasteiger partial charge is 0.420 e. The molecule has 4 nitrogen and oxygen atoms in total. The fraction of sp³-hybridized carbons (Fsp3) is 0.730. The maximum Gasteiger partial charge on any atom is 0.247 e. The Bertz CT molecular complexity index is 1330. The molecule has 1 heterocycles. The van der Waals surface area contributed by atoms with E-state index in [0.29, 0.717) is 46.3 Å². The molecule has 10 atom stereocenters. The quantitative estimate of drug-likeness (QED) is 0.383. The Balaban J connectivity index is 1.28. The Kier molecular flexibility index (Phi) is 6.14. The number of aliphatic hydroxyl groups is 1. The second-order valence-electron chi connectivity index (χ2n) is 16.5. The summed E-state index contributed by atoms with van der Waals surface area (Å²) >= 11 is 0. The van der Waals surface area contributed by atoms with Gasteiger partial charge < -0.3 is 9.52 Å². The van der Waals surface area contributed by atoms with Crippen molar-refractivity contribution in [3.05, 3.63) is 48.4 Å². The molecular weight excluding hydrogens is 504 g/mol. The van der Waals surface area contributed by atoms with E-state index >= 15 is 0 Å². The molecule has 0 unspecified atom stereocenters. The van der Waals surface area contributed by atoms with E-state index in [1.54, 1.807) is 0 Å². The molecule has 41 heavy (non-hydrogen) atoms. The Hall–Kier alpha value is -1.94. The molecule has 5 aliphatic rings. The molecule has 0 spiro atoms. The van der Waals surface area contributed by atoms with E-state index in [-0.39, 0.29) is 22.3 Å². The van der Waals surface area contributed by atoms with Gasteiger partial charge in [-0.05, 0) is 135 Å². The summed E-state index contributed by atoms with van der Waals surface area (Å²) in [7, 11) is 0. The van der Waals surface area contributed by atoms with Crippen LogP contribution in [-0.4, -0.2) is 21.4 Å². The molecule has 222 valence electrons. The van der Waals surface area contributed by atoms with E-state index in [9.17, 15) is 5.11 Å². The summed E-state index contributed by atoms with van der Waals surface area (Å²) in [4.78, 5) is 0. The molecule has 0 aliphatic heterocycles. The minimum absolute atomic E-state index is 0.00127. The maximum absolute atomic E-state index is 11.1. The molecule has 5 saturated carbocycles. The number of benzene rings is 1. The van der Waals surface area contributed by atoms with Crippen molar-refractivity contribution in [2.24, 2.45) is 51.2 Å². The third kappa shape index (κ3) is 3.55. The summed E-state index contributed by atoms with van der Waals surface area (Å²) in [5.41, 5.74) is 3.19. The molecule has 5 fully saturated rings. The number of hydrogen-bond donors (Lipinski definition) is 1. The first-order valence-corrected chi connectivity index (χ1v) is 16.6. The number of aliphatic hydroxyl groups excluding tert-OH is 1. The lowest BCUT2D eigenvalue weighted by Gasteiger charge is -2.72. The van der Waals surface area contributed by atoms with Crippen LogP contribution in [0.25, 0.3) is 11.5 Å². The van der Waals surface area contributed by atoms with Crippen LogP contribution >= 0.6 is 0 Å². The number of aromatic nitrogens is 2. The Morgan fingerprint density at radius 3 is 2.32 bits per heavy atom. The maximum atomic E-state index is 11.1. The predicted octanol–water partition coefficient (Wildman–Crippen LogP) is 9.01. The molecule has 1 N–H and O–H groups in total. The van der Waals surface area contributed by atoms with E-state index in [0.717, 1.165) is 30.7 Å². The van der Waals surface area contributed by atoms with E-state index in [1.165, 1.54) is 50.5 Å². The number of nitrogens with zero attached hydrogens (tertiary/aromatic N) is 2. The number of fused-ring (bicyclic) bond motifs is 7. The van der Waals surface area contributed by atoms with Crippen LogP contribution in [0.3, 0.4) is 0 Å². The van der Waals surface area contributed by atoms with Crippen LogP contribution in [-0.2, 0) is 5.41 Å². The van der Waals surface area contributed by atoms with Crippen LogP contribution in [0.1, 0.15) is 112 Å². The monoisotopic (exact) mass is 556 g/mol. The van der Waals surface area contributed by atoms with Crippen molar-refractivity contribution in [1.29, 1.82) is 0 Å². The Morgan fingerprint density at radius 1 is 0.829 bits per heavy atom. The highest BCUT2D eigenvalue weighted by Gasteiger charge is 2.71. The second-order valence-corrected chi connectivity index (χ2v) is 16.5. The summed E-state index contributed by atoms with van der Waals surface area (Å²) in [5.74, 6) is 4.52. The van der Waals surface area contributed by atoms with Crippen molar-refractivity contribution in [3.63, 3.8) is 0 Å². The first-order valence-electron chi connectivity index (χ1n) is 16.6. The molecule has 0 radical (unpaired) electrons. The van der Waals surface area contributed by atoms with E-state index < -0.39 is 0 Å². The highest BCUT2D eigenvalue weighted by molar-refractivity contribution is 5.52. The van der Waals surface area contributed by atoms with Crippen LogP contribution in [0.4, 0.5) is 0 Å². The summed E-state index contributed by atoms with van der Waals surface area (Å²) in [6, 6.07) is 10.3. The molecule has 0 saturated heterocycles. The van der Waals surface area contributed by atoms with Crippen LogP contribution < -0.4 is 0 Å². The van der Waals surface area contributed by atoms with Gasteiger partial charge in [-0.2, -0.15) is 0 Å². The van der Waals surface area contributed by atoms with Crippen molar-refractivity contribution < 1.29 is 9.52 Å². The molecule has 7 rings (SSSR count). The third-order valence-electron chi connectivity index (χ3n) is 14.9. The lowest BCUT2D eigenvalue weighted by atomic mass is 9.32. The van der Waals surface area contributed by atoms with Crippen molar-refractivity contribution in [2.75, 3.05) is 0 Å². The third-order valence-corrected chi connectivity index (χ3v) is 14.9. The Labute approximate surface area is 247 Å². The minimum Gasteiger partial charge on any atom is -0.420 e. The smallest absolute Gasteiger partial charge is 0.247 e.